The van der Waals surface area contributed by atoms with Gasteiger partial charge in [-0.2, -0.15) is 0 Å². The number of hydrogen-bond donors (Lipinski definition) is 2. The highest BCUT2D eigenvalue weighted by molar-refractivity contribution is 6.06. The van der Waals surface area contributed by atoms with Crippen LogP contribution < -0.4 is 0 Å². The molecule has 0 aliphatic carbocycles. The summed E-state index contributed by atoms with van der Waals surface area (Å²) in [6.45, 7) is 4.22. The lowest BCUT2D eigenvalue weighted by molar-refractivity contribution is 1.30. The highest BCUT2D eigenvalue weighted by atomic mass is 14.8. The third kappa shape index (κ3) is 6.57. The van der Waals surface area contributed by atoms with Gasteiger partial charge in [0.15, 0.2) is 0 Å². The molecule has 3 aromatic heterocycles. The summed E-state index contributed by atoms with van der Waals surface area (Å²) in [5, 5.41) is 0. The summed E-state index contributed by atoms with van der Waals surface area (Å²) < 4.78 is 0. The SMILES string of the molecule is Cc1ccc(-c2c3nc(c(-c4ccc(C)cc4)c4ccc(cc5nc(cc6ccc2[nH]6)C(C#Cc2ccccc2)=C5C#Cc2ccccc2)[nH]4)C=C3)cc1. The van der Waals surface area contributed by atoms with Crippen molar-refractivity contribution < 1.29 is 0 Å². The van der Waals surface area contributed by atoms with Gasteiger partial charge in [0.25, 0.3) is 0 Å². The molecular formula is C50H34N4. The second-order valence-corrected chi connectivity index (χ2v) is 13.5. The van der Waals surface area contributed by atoms with Crippen molar-refractivity contribution in [2.45, 2.75) is 13.8 Å². The van der Waals surface area contributed by atoms with Crippen molar-refractivity contribution in [3.8, 4) is 45.9 Å². The third-order valence-corrected chi connectivity index (χ3v) is 9.59. The van der Waals surface area contributed by atoms with Crippen LogP contribution in [-0.4, -0.2) is 19.9 Å². The van der Waals surface area contributed by atoms with Crippen molar-refractivity contribution >= 4 is 45.4 Å². The lowest BCUT2D eigenvalue weighted by Gasteiger charge is -2.06. The maximum absolute atomic E-state index is 5.33. The number of fused-ring (bicyclic) bond motifs is 8. The highest BCUT2D eigenvalue weighted by Gasteiger charge is 2.19. The van der Waals surface area contributed by atoms with Gasteiger partial charge in [0, 0.05) is 44.3 Å². The number of aromatic amines is 2. The van der Waals surface area contributed by atoms with E-state index >= 15 is 0 Å². The van der Waals surface area contributed by atoms with E-state index in [4.69, 9.17) is 9.97 Å². The molecule has 7 aromatic rings. The largest absolute Gasteiger partial charge is 0.355 e. The van der Waals surface area contributed by atoms with Crippen molar-refractivity contribution in [2.75, 3.05) is 0 Å². The zero-order valence-corrected chi connectivity index (χ0v) is 29.9. The summed E-state index contributed by atoms with van der Waals surface area (Å²) in [4.78, 5) is 18.0. The number of aromatic nitrogens is 4. The smallest absolute Gasteiger partial charge is 0.0828 e. The van der Waals surface area contributed by atoms with Crippen LogP contribution in [0.15, 0.2) is 146 Å². The number of nitrogens with one attached hydrogen (secondary N) is 2. The van der Waals surface area contributed by atoms with Crippen LogP contribution in [0.1, 0.15) is 45.0 Å². The minimum Gasteiger partial charge on any atom is -0.355 e. The molecule has 2 aliphatic rings. The maximum atomic E-state index is 5.33. The van der Waals surface area contributed by atoms with Gasteiger partial charge in [0.1, 0.15) is 0 Å². The third-order valence-electron chi connectivity index (χ3n) is 9.59. The van der Waals surface area contributed by atoms with Crippen molar-refractivity contribution in [3.05, 3.63) is 191 Å². The Hall–Kier alpha value is -7.40. The van der Waals surface area contributed by atoms with Crippen molar-refractivity contribution in [3.63, 3.8) is 0 Å². The molecular weight excluding hydrogens is 657 g/mol. The quantitative estimate of drug-likeness (QED) is 0.177. The standard InChI is InChI=1S/C50H34N4/c1-33-13-19-37(20-14-33)49-43-27-23-39(51-43)31-47-41(25-17-35-9-5-3-6-10-35)42(26-18-36-11-7-4-8-12-36)48(54-47)32-40-24-28-44(52-40)50(46-30-29-45(49)53-46)38-21-15-34(2)16-22-38/h3-16,19-24,27-32,51-52H,1-2H3. The maximum Gasteiger partial charge on any atom is 0.0828 e. The van der Waals surface area contributed by atoms with Crippen LogP contribution in [0, 0.1) is 37.5 Å². The van der Waals surface area contributed by atoms with E-state index in [9.17, 15) is 0 Å². The van der Waals surface area contributed by atoms with Gasteiger partial charge < -0.3 is 9.97 Å². The molecule has 2 aliphatic heterocycles. The molecule has 4 heteroatoms. The van der Waals surface area contributed by atoms with E-state index in [1.54, 1.807) is 0 Å². The highest BCUT2D eigenvalue weighted by Crippen LogP contribution is 2.35. The first-order chi connectivity index (χ1) is 26.5. The molecule has 54 heavy (non-hydrogen) atoms. The lowest BCUT2D eigenvalue weighted by atomic mass is 10.0. The topological polar surface area (TPSA) is 57.4 Å². The van der Waals surface area contributed by atoms with Gasteiger partial charge in [-0.15, -0.1) is 0 Å². The lowest BCUT2D eigenvalue weighted by Crippen LogP contribution is -1.88. The Kier molecular flexibility index (Phi) is 8.40. The molecule has 4 aromatic carbocycles. The van der Waals surface area contributed by atoms with Crippen molar-refractivity contribution in [1.29, 1.82) is 0 Å². The molecule has 0 saturated heterocycles. The average Bonchev–Trinajstić information content (AvgIpc) is 4.02. The second-order valence-electron chi connectivity index (χ2n) is 13.5. The first kappa shape index (κ1) is 32.5. The van der Waals surface area contributed by atoms with Crippen molar-refractivity contribution in [1.82, 2.24) is 19.9 Å². The van der Waals surface area contributed by atoms with Crippen LogP contribution in [0.4, 0.5) is 0 Å². The van der Waals surface area contributed by atoms with Gasteiger partial charge in [-0.05, 0) is 97.8 Å². The Morgan fingerprint density at radius 1 is 0.426 bits per heavy atom. The fraction of sp³-hybridized carbons (Fsp3) is 0.0400. The number of benzene rings is 4. The second kappa shape index (κ2) is 14.0. The average molecular weight is 691 g/mol. The van der Waals surface area contributed by atoms with Gasteiger partial charge in [-0.1, -0.05) is 120 Å². The van der Waals surface area contributed by atoms with Gasteiger partial charge in [-0.25, -0.2) is 9.97 Å². The zero-order chi connectivity index (χ0) is 36.4. The van der Waals surface area contributed by atoms with Crippen LogP contribution in [0.3, 0.4) is 0 Å². The van der Waals surface area contributed by atoms with Gasteiger partial charge in [0.05, 0.1) is 33.9 Å². The molecule has 0 radical (unpaired) electrons. The van der Waals surface area contributed by atoms with Crippen LogP contribution in [-0.2, 0) is 0 Å². The molecule has 8 bridgehead atoms. The van der Waals surface area contributed by atoms with Crippen LogP contribution in [0.5, 0.6) is 0 Å². The van der Waals surface area contributed by atoms with Gasteiger partial charge >= 0.3 is 0 Å². The molecule has 254 valence electrons. The molecule has 0 fully saturated rings. The molecule has 5 heterocycles. The Labute approximate surface area is 314 Å². The normalized spacial score (nSPS) is 11.8. The summed E-state index contributed by atoms with van der Waals surface area (Å²) >= 11 is 0. The molecule has 0 spiro atoms. The van der Waals surface area contributed by atoms with Crippen LogP contribution >= 0.6 is 0 Å². The number of H-pyrrole nitrogens is 2. The minimum atomic E-state index is 0.742. The van der Waals surface area contributed by atoms with E-state index in [1.165, 1.54) is 11.1 Å². The number of aryl methyl sites for hydroxylation is 2. The first-order valence-corrected chi connectivity index (χ1v) is 18.0. The first-order valence-electron chi connectivity index (χ1n) is 18.0. The van der Waals surface area contributed by atoms with E-state index < -0.39 is 0 Å². The Balaban J connectivity index is 1.38. The molecule has 4 nitrogen and oxygen atoms in total. The van der Waals surface area contributed by atoms with E-state index in [2.05, 4.69) is 145 Å². The molecule has 9 rings (SSSR count). The van der Waals surface area contributed by atoms with Crippen LogP contribution in [0.25, 0.3) is 67.6 Å². The minimum absolute atomic E-state index is 0.742. The molecule has 0 atom stereocenters. The summed E-state index contributed by atoms with van der Waals surface area (Å²) in [7, 11) is 0. The predicted octanol–water partition coefficient (Wildman–Crippen LogP) is 11.5. The summed E-state index contributed by atoms with van der Waals surface area (Å²) in [5.74, 6) is 13.7. The van der Waals surface area contributed by atoms with Crippen LogP contribution in [0.2, 0.25) is 0 Å². The summed E-state index contributed by atoms with van der Waals surface area (Å²) in [5.41, 5.74) is 17.0. The van der Waals surface area contributed by atoms with E-state index in [1.807, 2.05) is 60.7 Å². The summed E-state index contributed by atoms with van der Waals surface area (Å²) in [6.07, 6.45) is 4.24. The van der Waals surface area contributed by atoms with Gasteiger partial charge in [-0.3, -0.25) is 0 Å². The monoisotopic (exact) mass is 690 g/mol. The molecule has 0 amide bonds. The Morgan fingerprint density at radius 2 is 0.852 bits per heavy atom. The Morgan fingerprint density at radius 3 is 1.28 bits per heavy atom. The van der Waals surface area contributed by atoms with Gasteiger partial charge in [0.2, 0.25) is 0 Å². The number of allylic oxidation sites excluding steroid dienone is 2. The number of rotatable bonds is 2. The van der Waals surface area contributed by atoms with E-state index in [0.29, 0.717) is 0 Å². The molecule has 0 saturated carbocycles. The molecule has 2 N–H and O–H groups in total. The van der Waals surface area contributed by atoms with E-state index in [0.717, 1.165) is 89.4 Å². The molecule has 0 unspecified atom stereocenters. The zero-order valence-electron chi connectivity index (χ0n) is 29.9. The fourth-order valence-electron chi connectivity index (χ4n) is 6.81. The van der Waals surface area contributed by atoms with E-state index in [-0.39, 0.29) is 0 Å². The number of hydrogen-bond acceptors (Lipinski definition) is 2. The predicted molar refractivity (Wildman–Crippen MR) is 224 cm³/mol. The fourth-order valence-corrected chi connectivity index (χ4v) is 6.81. The van der Waals surface area contributed by atoms with Crippen molar-refractivity contribution in [2.24, 2.45) is 0 Å². The summed E-state index contributed by atoms with van der Waals surface area (Å²) in [6, 6.07) is 49.9. The number of nitrogens with zero attached hydrogens (tertiary/aromatic N) is 2. The Bertz CT molecular complexity index is 2720.